The van der Waals surface area contributed by atoms with Crippen LogP contribution in [0.25, 0.3) is 0 Å². The first-order chi connectivity index (χ1) is 15.9. The fourth-order valence-electron chi connectivity index (χ4n) is 4.28. The molecule has 0 radical (unpaired) electrons. The van der Waals surface area contributed by atoms with E-state index in [2.05, 4.69) is 6.07 Å². The van der Waals surface area contributed by atoms with Crippen LogP contribution in [-0.2, 0) is 10.5 Å². The number of amides is 1. The Labute approximate surface area is 198 Å². The van der Waals surface area contributed by atoms with Crippen molar-refractivity contribution >= 4 is 17.7 Å². The van der Waals surface area contributed by atoms with Crippen LogP contribution in [0.5, 0.6) is 11.5 Å². The van der Waals surface area contributed by atoms with E-state index in [-0.39, 0.29) is 18.1 Å². The number of nitriles is 1. The molecule has 6 nitrogen and oxygen atoms in total. The van der Waals surface area contributed by atoms with Crippen molar-refractivity contribution < 1.29 is 19.4 Å². The van der Waals surface area contributed by atoms with Crippen LogP contribution < -0.4 is 9.47 Å². The normalized spacial score (nSPS) is 22.2. The standard InChI is InChI=1S/C26H28N2O4S/c1-4-12-32-22-11-8-18(13-23(22)31-5-2)20-14-24(29)28-25(21(20)15-27)33-16-26(28,30)19-9-6-17(3)7-10-19/h6-11,13,20,30H,4-5,12,14,16H2,1-3H3/t20-,26-/m0/s1. The van der Waals surface area contributed by atoms with Crippen LogP contribution in [0.15, 0.2) is 53.1 Å². The Balaban J connectivity index is 1.73. The van der Waals surface area contributed by atoms with Gasteiger partial charge in [0.25, 0.3) is 0 Å². The lowest BCUT2D eigenvalue weighted by Crippen LogP contribution is -2.48. The molecular weight excluding hydrogens is 436 g/mol. The minimum atomic E-state index is -1.47. The van der Waals surface area contributed by atoms with Crippen molar-refractivity contribution in [1.29, 1.82) is 5.26 Å². The molecule has 1 saturated heterocycles. The summed E-state index contributed by atoms with van der Waals surface area (Å²) < 4.78 is 11.6. The van der Waals surface area contributed by atoms with E-state index in [4.69, 9.17) is 9.47 Å². The highest BCUT2D eigenvalue weighted by atomic mass is 32.2. The molecule has 172 valence electrons. The Kier molecular flexibility index (Phi) is 6.68. The summed E-state index contributed by atoms with van der Waals surface area (Å²) in [7, 11) is 0. The van der Waals surface area contributed by atoms with Gasteiger partial charge in [0.05, 0.1) is 35.6 Å². The lowest BCUT2D eigenvalue weighted by molar-refractivity contribution is -0.149. The van der Waals surface area contributed by atoms with E-state index in [1.54, 1.807) is 0 Å². The second-order valence-corrected chi connectivity index (χ2v) is 9.24. The molecule has 0 aliphatic carbocycles. The van der Waals surface area contributed by atoms with Gasteiger partial charge in [-0.15, -0.1) is 11.8 Å². The summed E-state index contributed by atoms with van der Waals surface area (Å²) in [6, 6.07) is 15.4. The average Bonchev–Trinajstić information content (AvgIpc) is 3.17. The average molecular weight is 465 g/mol. The van der Waals surface area contributed by atoms with Crippen molar-refractivity contribution in [3.63, 3.8) is 0 Å². The maximum absolute atomic E-state index is 13.3. The number of fused-ring (bicyclic) bond motifs is 1. The van der Waals surface area contributed by atoms with E-state index in [1.165, 1.54) is 16.7 Å². The zero-order valence-corrected chi connectivity index (χ0v) is 19.9. The summed E-state index contributed by atoms with van der Waals surface area (Å²) in [6.45, 7) is 6.98. The Bertz CT molecular complexity index is 1120. The number of nitrogens with zero attached hydrogens (tertiary/aromatic N) is 2. The number of hydrogen-bond donors (Lipinski definition) is 1. The molecule has 2 aromatic carbocycles. The van der Waals surface area contributed by atoms with Crippen LogP contribution in [0.4, 0.5) is 0 Å². The predicted molar refractivity (Wildman–Crippen MR) is 128 cm³/mol. The number of thioether (sulfide) groups is 1. The third kappa shape index (κ3) is 4.21. The van der Waals surface area contributed by atoms with Crippen LogP contribution in [0.3, 0.4) is 0 Å². The van der Waals surface area contributed by atoms with E-state index in [0.29, 0.717) is 40.9 Å². The summed E-state index contributed by atoms with van der Waals surface area (Å²) in [6.07, 6.45) is 0.980. The molecule has 2 aromatic rings. The number of benzene rings is 2. The van der Waals surface area contributed by atoms with Crippen LogP contribution >= 0.6 is 11.8 Å². The lowest BCUT2D eigenvalue weighted by Gasteiger charge is -2.38. The van der Waals surface area contributed by atoms with Gasteiger partial charge in [0.2, 0.25) is 5.91 Å². The minimum absolute atomic E-state index is 0.0991. The number of aliphatic hydroxyl groups is 1. The monoisotopic (exact) mass is 464 g/mol. The second-order valence-electron chi connectivity index (χ2n) is 8.28. The fraction of sp³-hybridized carbons (Fsp3) is 0.385. The molecule has 2 aliphatic heterocycles. The summed E-state index contributed by atoms with van der Waals surface area (Å²) in [5.74, 6) is 0.938. The van der Waals surface area contributed by atoms with Gasteiger partial charge in [-0.25, -0.2) is 0 Å². The number of allylic oxidation sites excluding steroid dienone is 1. The number of hydrogen-bond acceptors (Lipinski definition) is 6. The first-order valence-electron chi connectivity index (χ1n) is 11.2. The topological polar surface area (TPSA) is 82.8 Å². The van der Waals surface area contributed by atoms with Crippen molar-refractivity contribution in [2.24, 2.45) is 0 Å². The van der Waals surface area contributed by atoms with Crippen molar-refractivity contribution in [3.05, 3.63) is 69.8 Å². The highest BCUT2D eigenvalue weighted by Crippen LogP contribution is 2.52. The summed E-state index contributed by atoms with van der Waals surface area (Å²) in [5.41, 5.74) is 1.57. The van der Waals surface area contributed by atoms with Gasteiger partial charge in [0.1, 0.15) is 0 Å². The van der Waals surface area contributed by atoms with Crippen LogP contribution in [0, 0.1) is 18.3 Å². The molecule has 2 atom stereocenters. The smallest absolute Gasteiger partial charge is 0.231 e. The zero-order chi connectivity index (χ0) is 23.6. The molecule has 0 bridgehead atoms. The molecular formula is C26H28N2O4S. The molecule has 0 spiro atoms. The van der Waals surface area contributed by atoms with Crippen molar-refractivity contribution in [2.45, 2.75) is 45.3 Å². The van der Waals surface area contributed by atoms with E-state index < -0.39 is 11.6 Å². The molecule has 4 rings (SSSR count). The van der Waals surface area contributed by atoms with Gasteiger partial charge < -0.3 is 14.6 Å². The zero-order valence-electron chi connectivity index (χ0n) is 19.1. The fourth-order valence-corrected chi connectivity index (χ4v) is 5.64. The largest absolute Gasteiger partial charge is 0.490 e. The molecule has 0 unspecified atom stereocenters. The lowest BCUT2D eigenvalue weighted by atomic mass is 9.85. The quantitative estimate of drug-likeness (QED) is 0.632. The Morgan fingerprint density at radius 3 is 2.61 bits per heavy atom. The maximum atomic E-state index is 13.3. The van der Waals surface area contributed by atoms with Crippen molar-refractivity contribution in [2.75, 3.05) is 19.0 Å². The van der Waals surface area contributed by atoms with E-state index in [1.807, 2.05) is 63.2 Å². The number of ether oxygens (including phenoxy) is 2. The Morgan fingerprint density at radius 1 is 1.18 bits per heavy atom. The Morgan fingerprint density at radius 2 is 1.94 bits per heavy atom. The van der Waals surface area contributed by atoms with Gasteiger partial charge in [-0.3, -0.25) is 9.69 Å². The number of rotatable bonds is 7. The Hall–Kier alpha value is -2.95. The predicted octanol–water partition coefficient (Wildman–Crippen LogP) is 4.83. The van der Waals surface area contributed by atoms with Crippen molar-refractivity contribution in [1.82, 2.24) is 4.90 Å². The molecule has 0 aromatic heterocycles. The molecule has 2 heterocycles. The van der Waals surface area contributed by atoms with Gasteiger partial charge >= 0.3 is 0 Å². The van der Waals surface area contributed by atoms with Crippen LogP contribution in [-0.4, -0.2) is 34.9 Å². The highest BCUT2D eigenvalue weighted by Gasteiger charge is 2.51. The third-order valence-electron chi connectivity index (χ3n) is 5.96. The van der Waals surface area contributed by atoms with Gasteiger partial charge in [0, 0.05) is 17.9 Å². The minimum Gasteiger partial charge on any atom is -0.490 e. The summed E-state index contributed by atoms with van der Waals surface area (Å²) in [4.78, 5) is 14.8. The summed E-state index contributed by atoms with van der Waals surface area (Å²) >= 11 is 1.35. The molecule has 1 fully saturated rings. The van der Waals surface area contributed by atoms with Crippen LogP contribution in [0.2, 0.25) is 0 Å². The van der Waals surface area contributed by atoms with E-state index >= 15 is 0 Å². The number of aryl methyl sites for hydroxylation is 1. The van der Waals surface area contributed by atoms with Gasteiger partial charge in [-0.2, -0.15) is 5.26 Å². The number of carbonyl (C=O) groups is 1. The van der Waals surface area contributed by atoms with Crippen LogP contribution in [0.1, 0.15) is 49.3 Å². The van der Waals surface area contributed by atoms with Crippen molar-refractivity contribution in [3.8, 4) is 17.6 Å². The molecule has 0 saturated carbocycles. The van der Waals surface area contributed by atoms with E-state index in [9.17, 15) is 15.2 Å². The molecule has 1 amide bonds. The summed E-state index contributed by atoms with van der Waals surface area (Å²) in [5, 5.41) is 22.1. The third-order valence-corrected chi connectivity index (χ3v) is 7.18. The van der Waals surface area contributed by atoms with E-state index in [0.717, 1.165) is 17.5 Å². The van der Waals surface area contributed by atoms with Gasteiger partial charge in [0.15, 0.2) is 17.2 Å². The first-order valence-corrected chi connectivity index (χ1v) is 12.2. The molecule has 33 heavy (non-hydrogen) atoms. The highest BCUT2D eigenvalue weighted by molar-refractivity contribution is 8.03. The van der Waals surface area contributed by atoms with Gasteiger partial charge in [-0.05, 0) is 38.0 Å². The number of carbonyl (C=O) groups excluding carboxylic acids is 1. The SMILES string of the molecule is CCCOc1ccc([C@@H]2CC(=O)N3C(=C2C#N)SC[C@]3(O)c2ccc(C)cc2)cc1OCC. The maximum Gasteiger partial charge on any atom is 0.231 e. The first kappa shape index (κ1) is 23.2. The molecule has 7 heteroatoms. The molecule has 2 aliphatic rings. The van der Waals surface area contributed by atoms with Gasteiger partial charge in [-0.1, -0.05) is 42.8 Å². The second kappa shape index (κ2) is 9.50. The molecule has 1 N–H and O–H groups in total.